The van der Waals surface area contributed by atoms with Crippen LogP contribution in [0.15, 0.2) is 18.2 Å². The highest BCUT2D eigenvalue weighted by Gasteiger charge is 2.74. The SMILES string of the molecule is FC(F)(F)C(F)(c1cccc(CBr)n1)C(F)(F)F. The molecule has 0 saturated heterocycles. The molecule has 1 nitrogen and oxygen atoms in total. The lowest BCUT2D eigenvalue weighted by atomic mass is 9.99. The molecule has 9 heteroatoms. The Hall–Kier alpha value is -0.860. The number of pyridine rings is 1. The van der Waals surface area contributed by atoms with Gasteiger partial charge in [-0.25, -0.2) is 4.39 Å². The molecule has 1 heterocycles. The van der Waals surface area contributed by atoms with Crippen LogP contribution in [0.2, 0.25) is 0 Å². The fourth-order valence-corrected chi connectivity index (χ4v) is 1.51. The molecule has 0 aromatic carbocycles. The van der Waals surface area contributed by atoms with Crippen molar-refractivity contribution in [2.24, 2.45) is 0 Å². The minimum absolute atomic E-state index is 0.0906. The van der Waals surface area contributed by atoms with Crippen LogP contribution in [0.1, 0.15) is 11.4 Å². The molecule has 0 aliphatic heterocycles. The second-order valence-corrected chi connectivity index (χ2v) is 3.86. The highest BCUT2D eigenvalue weighted by atomic mass is 79.9. The molecule has 0 amide bonds. The number of aromatic nitrogens is 1. The molecule has 0 spiro atoms. The number of halogens is 8. The van der Waals surface area contributed by atoms with Crippen molar-refractivity contribution in [1.82, 2.24) is 4.98 Å². The van der Waals surface area contributed by atoms with Crippen LogP contribution in [0.4, 0.5) is 30.7 Å². The van der Waals surface area contributed by atoms with Gasteiger partial charge in [-0.15, -0.1) is 0 Å². The topological polar surface area (TPSA) is 12.9 Å². The minimum atomic E-state index is -6.14. The lowest BCUT2D eigenvalue weighted by Gasteiger charge is -2.29. The van der Waals surface area contributed by atoms with Crippen LogP contribution in [-0.2, 0) is 11.0 Å². The van der Waals surface area contributed by atoms with Gasteiger partial charge < -0.3 is 0 Å². The Bertz CT molecular complexity index is 412. The van der Waals surface area contributed by atoms with Crippen molar-refractivity contribution in [2.45, 2.75) is 23.4 Å². The van der Waals surface area contributed by atoms with Gasteiger partial charge in [-0.2, -0.15) is 26.3 Å². The molecule has 0 atom stereocenters. The summed E-state index contributed by atoms with van der Waals surface area (Å²) in [5.41, 5.74) is -7.33. The third kappa shape index (κ3) is 2.45. The summed E-state index contributed by atoms with van der Waals surface area (Å²) in [6.07, 6.45) is -12.3. The van der Waals surface area contributed by atoms with Gasteiger partial charge in [0.25, 0.3) is 0 Å². The number of alkyl halides is 8. The van der Waals surface area contributed by atoms with Gasteiger partial charge in [-0.05, 0) is 12.1 Å². The maximum absolute atomic E-state index is 13.5. The molecule has 0 unspecified atom stereocenters. The van der Waals surface area contributed by atoms with Crippen LogP contribution in [0.3, 0.4) is 0 Å². The van der Waals surface area contributed by atoms with E-state index in [1.165, 1.54) is 6.07 Å². The van der Waals surface area contributed by atoms with Gasteiger partial charge in [-0.1, -0.05) is 22.0 Å². The number of hydrogen-bond donors (Lipinski definition) is 0. The lowest BCUT2D eigenvalue weighted by molar-refractivity contribution is -0.350. The summed E-state index contributed by atoms with van der Waals surface area (Å²) in [4.78, 5) is 3.03. The predicted molar refractivity (Wildman–Crippen MR) is 51.8 cm³/mol. The quantitative estimate of drug-likeness (QED) is 0.579. The van der Waals surface area contributed by atoms with Crippen molar-refractivity contribution in [3.63, 3.8) is 0 Å². The van der Waals surface area contributed by atoms with Crippen molar-refractivity contribution in [3.05, 3.63) is 29.6 Å². The first-order valence-electron chi connectivity index (χ1n) is 4.38. The van der Waals surface area contributed by atoms with Gasteiger partial charge in [0.15, 0.2) is 0 Å². The monoisotopic (exact) mass is 339 g/mol. The standard InChI is InChI=1S/C9H5BrF7N/c10-4-5-2-1-3-6(18-5)7(11,8(12,13)14)9(15,16)17/h1-3H,4H2. The molecule has 0 aliphatic rings. The summed E-state index contributed by atoms with van der Waals surface area (Å²) in [6, 6.07) is 2.41. The van der Waals surface area contributed by atoms with Crippen LogP contribution >= 0.6 is 15.9 Å². The van der Waals surface area contributed by atoms with E-state index in [9.17, 15) is 30.7 Å². The zero-order valence-electron chi connectivity index (χ0n) is 8.41. The van der Waals surface area contributed by atoms with Crippen molar-refractivity contribution in [3.8, 4) is 0 Å². The van der Waals surface area contributed by atoms with Crippen LogP contribution < -0.4 is 0 Å². The summed E-state index contributed by atoms with van der Waals surface area (Å²) in [5.74, 6) is 0. The van der Waals surface area contributed by atoms with Crippen molar-refractivity contribution in [1.29, 1.82) is 0 Å². The number of rotatable bonds is 2. The zero-order chi connectivity index (χ0) is 14.2. The van der Waals surface area contributed by atoms with E-state index in [0.29, 0.717) is 6.07 Å². The fourth-order valence-electron chi connectivity index (χ4n) is 1.20. The van der Waals surface area contributed by atoms with Gasteiger partial charge >= 0.3 is 18.0 Å². The van der Waals surface area contributed by atoms with E-state index in [1.807, 2.05) is 0 Å². The summed E-state index contributed by atoms with van der Waals surface area (Å²) >= 11 is 2.81. The van der Waals surface area contributed by atoms with Crippen molar-refractivity contribution >= 4 is 15.9 Å². The van der Waals surface area contributed by atoms with E-state index in [2.05, 4.69) is 20.9 Å². The normalized spacial score (nSPS) is 13.8. The summed E-state index contributed by atoms with van der Waals surface area (Å²) < 4.78 is 87.8. The molecule has 0 bridgehead atoms. The van der Waals surface area contributed by atoms with Gasteiger partial charge in [0, 0.05) is 5.33 Å². The van der Waals surface area contributed by atoms with Crippen LogP contribution in [0, 0.1) is 0 Å². The van der Waals surface area contributed by atoms with Crippen LogP contribution in [0.5, 0.6) is 0 Å². The Morgan fingerprint density at radius 1 is 0.944 bits per heavy atom. The number of nitrogens with zero attached hydrogens (tertiary/aromatic N) is 1. The van der Waals surface area contributed by atoms with Crippen molar-refractivity contribution < 1.29 is 30.7 Å². The van der Waals surface area contributed by atoms with Crippen LogP contribution in [0.25, 0.3) is 0 Å². The average Bonchev–Trinajstić information content (AvgIpc) is 2.25. The van der Waals surface area contributed by atoms with E-state index in [0.717, 1.165) is 6.07 Å². The lowest BCUT2D eigenvalue weighted by Crippen LogP contribution is -2.51. The van der Waals surface area contributed by atoms with Gasteiger partial charge in [0.2, 0.25) is 0 Å². The van der Waals surface area contributed by atoms with E-state index < -0.39 is 23.7 Å². The minimum Gasteiger partial charge on any atom is -0.253 e. The van der Waals surface area contributed by atoms with E-state index in [1.54, 1.807) is 0 Å². The maximum atomic E-state index is 13.5. The summed E-state index contributed by atoms with van der Waals surface area (Å²) in [5, 5.41) is -0.0906. The molecule has 18 heavy (non-hydrogen) atoms. The molecular weight excluding hydrogens is 335 g/mol. The highest BCUT2D eigenvalue weighted by Crippen LogP contribution is 2.52. The zero-order valence-corrected chi connectivity index (χ0v) is 10.00. The molecule has 102 valence electrons. The number of hydrogen-bond acceptors (Lipinski definition) is 1. The summed E-state index contributed by atoms with van der Waals surface area (Å²) in [6.45, 7) is 0. The Balaban J connectivity index is 3.45. The second-order valence-electron chi connectivity index (χ2n) is 3.30. The highest BCUT2D eigenvalue weighted by molar-refractivity contribution is 9.08. The predicted octanol–water partition coefficient (Wildman–Crippen LogP) is 4.27. The fraction of sp³-hybridized carbons (Fsp3) is 0.444. The maximum Gasteiger partial charge on any atom is 0.437 e. The molecular formula is C9H5BrF7N. The van der Waals surface area contributed by atoms with Gasteiger partial charge in [0.1, 0.15) is 0 Å². The Morgan fingerprint density at radius 2 is 1.44 bits per heavy atom. The average molecular weight is 340 g/mol. The smallest absolute Gasteiger partial charge is 0.253 e. The van der Waals surface area contributed by atoms with Crippen molar-refractivity contribution in [2.75, 3.05) is 0 Å². The molecule has 0 saturated carbocycles. The van der Waals surface area contributed by atoms with Gasteiger partial charge in [0.05, 0.1) is 11.4 Å². The van der Waals surface area contributed by atoms with E-state index in [-0.39, 0.29) is 11.0 Å². The van der Waals surface area contributed by atoms with Gasteiger partial charge in [-0.3, -0.25) is 4.98 Å². The molecule has 1 rings (SSSR count). The Morgan fingerprint density at radius 3 is 1.83 bits per heavy atom. The van der Waals surface area contributed by atoms with E-state index in [4.69, 9.17) is 0 Å². The molecule has 0 radical (unpaired) electrons. The second kappa shape index (κ2) is 4.67. The van der Waals surface area contributed by atoms with E-state index >= 15 is 0 Å². The molecule has 1 aromatic heterocycles. The Kier molecular flexibility index (Phi) is 3.94. The third-order valence-corrected chi connectivity index (χ3v) is 2.65. The first-order chi connectivity index (χ1) is 8.04. The van der Waals surface area contributed by atoms with Crippen LogP contribution in [-0.4, -0.2) is 17.3 Å². The molecule has 0 N–H and O–H groups in total. The first-order valence-corrected chi connectivity index (χ1v) is 5.51. The Labute approximate surface area is 105 Å². The molecule has 0 fully saturated rings. The molecule has 1 aromatic rings. The third-order valence-electron chi connectivity index (χ3n) is 2.08. The summed E-state index contributed by atoms with van der Waals surface area (Å²) in [7, 11) is 0. The molecule has 0 aliphatic carbocycles. The largest absolute Gasteiger partial charge is 0.437 e. The first kappa shape index (κ1) is 15.2.